The molecule has 2 fully saturated rings. The summed E-state index contributed by atoms with van der Waals surface area (Å²) in [5.74, 6) is 0.696. The Morgan fingerprint density at radius 1 is 0.971 bits per heavy atom. The average Bonchev–Trinajstić information content (AvgIpc) is 2.85. The SMILES string of the molecule is Cc1cc(OCC2(CC(=O)N3CCCCC3)CN(C(=O)c3c(C)cccc3C)CCO2)ccc1Cl. The predicted octanol–water partition coefficient (Wildman–Crippen LogP) is 4.96. The van der Waals surface area contributed by atoms with Crippen LogP contribution in [0.15, 0.2) is 36.4 Å². The van der Waals surface area contributed by atoms with Crippen molar-refractivity contribution in [1.29, 1.82) is 0 Å². The number of amides is 2. The molecule has 2 aromatic rings. The molecule has 7 heteroatoms. The fourth-order valence-corrected chi connectivity index (χ4v) is 5.14. The van der Waals surface area contributed by atoms with E-state index < -0.39 is 5.60 Å². The van der Waals surface area contributed by atoms with E-state index in [4.69, 9.17) is 21.1 Å². The van der Waals surface area contributed by atoms with Gasteiger partial charge in [-0.15, -0.1) is 0 Å². The highest BCUT2D eigenvalue weighted by Gasteiger charge is 2.43. The molecule has 2 amide bonds. The van der Waals surface area contributed by atoms with Crippen LogP contribution in [0.25, 0.3) is 0 Å². The number of piperidine rings is 1. The normalized spacial score (nSPS) is 20.6. The number of likely N-dealkylation sites (tertiary alicyclic amines) is 1. The Morgan fingerprint density at radius 3 is 2.37 bits per heavy atom. The number of nitrogens with zero attached hydrogens (tertiary/aromatic N) is 2. The summed E-state index contributed by atoms with van der Waals surface area (Å²) >= 11 is 6.17. The van der Waals surface area contributed by atoms with Crippen molar-refractivity contribution in [2.24, 2.45) is 0 Å². The lowest BCUT2D eigenvalue weighted by atomic mass is 9.94. The lowest BCUT2D eigenvalue weighted by Gasteiger charge is -2.43. The molecule has 1 atom stereocenters. The highest BCUT2D eigenvalue weighted by Crippen LogP contribution is 2.29. The lowest BCUT2D eigenvalue weighted by molar-refractivity contribution is -0.153. The molecule has 2 saturated heterocycles. The van der Waals surface area contributed by atoms with E-state index in [1.54, 1.807) is 6.07 Å². The number of hydrogen-bond acceptors (Lipinski definition) is 4. The minimum absolute atomic E-state index is 0.0268. The highest BCUT2D eigenvalue weighted by atomic mass is 35.5. The van der Waals surface area contributed by atoms with Crippen LogP contribution in [-0.4, -0.2) is 66.6 Å². The Balaban J connectivity index is 1.57. The van der Waals surface area contributed by atoms with Crippen LogP contribution in [0.1, 0.15) is 52.7 Å². The Kier molecular flexibility index (Phi) is 8.02. The molecule has 6 nitrogen and oxygen atoms in total. The Bertz CT molecular complexity index is 1060. The van der Waals surface area contributed by atoms with E-state index in [1.165, 1.54) is 0 Å². The third-order valence-electron chi connectivity index (χ3n) is 7.04. The number of rotatable bonds is 6. The van der Waals surface area contributed by atoms with Gasteiger partial charge in [0.15, 0.2) is 0 Å². The first kappa shape index (κ1) is 25.5. The standard InChI is InChI=1S/C28H35ClN2O4/c1-20-8-7-9-21(2)26(20)27(33)31-14-15-35-28(18-31,17-25(32)30-12-5-4-6-13-30)19-34-23-10-11-24(29)22(3)16-23/h7-11,16H,4-6,12-15,17-19H2,1-3H3. The zero-order chi connectivity index (χ0) is 25.0. The molecule has 1 unspecified atom stereocenters. The second-order valence-corrected chi connectivity index (χ2v) is 10.3. The van der Waals surface area contributed by atoms with Crippen LogP contribution in [0.2, 0.25) is 5.02 Å². The van der Waals surface area contributed by atoms with Gasteiger partial charge in [0.25, 0.3) is 5.91 Å². The summed E-state index contributed by atoms with van der Waals surface area (Å²) in [4.78, 5) is 30.6. The first-order chi connectivity index (χ1) is 16.8. The van der Waals surface area contributed by atoms with E-state index >= 15 is 0 Å². The van der Waals surface area contributed by atoms with Crippen molar-refractivity contribution < 1.29 is 19.1 Å². The number of carbonyl (C=O) groups excluding carboxylic acids is 2. The molecule has 2 aromatic carbocycles. The maximum atomic E-state index is 13.6. The van der Waals surface area contributed by atoms with Gasteiger partial charge in [0.2, 0.25) is 5.91 Å². The molecule has 2 aliphatic rings. The zero-order valence-electron chi connectivity index (χ0n) is 20.9. The average molecular weight is 499 g/mol. The van der Waals surface area contributed by atoms with Gasteiger partial charge in [-0.2, -0.15) is 0 Å². The molecule has 0 radical (unpaired) electrons. The van der Waals surface area contributed by atoms with E-state index in [0.717, 1.165) is 54.6 Å². The zero-order valence-corrected chi connectivity index (χ0v) is 21.7. The third kappa shape index (κ3) is 5.99. The number of aryl methyl sites for hydroxylation is 3. The van der Waals surface area contributed by atoms with Crippen LogP contribution >= 0.6 is 11.6 Å². The quantitative estimate of drug-likeness (QED) is 0.565. The van der Waals surface area contributed by atoms with E-state index in [2.05, 4.69) is 0 Å². The molecule has 0 aliphatic carbocycles. The van der Waals surface area contributed by atoms with Crippen LogP contribution in [0.4, 0.5) is 0 Å². The first-order valence-corrected chi connectivity index (χ1v) is 12.8. The molecule has 188 valence electrons. The minimum Gasteiger partial charge on any atom is -0.490 e. The number of halogens is 1. The molecule has 0 spiro atoms. The Labute approximate surface area is 213 Å². The van der Waals surface area contributed by atoms with Gasteiger partial charge in [-0.25, -0.2) is 0 Å². The fraction of sp³-hybridized carbons (Fsp3) is 0.500. The smallest absolute Gasteiger partial charge is 0.254 e. The summed E-state index contributed by atoms with van der Waals surface area (Å²) in [5.41, 5.74) is 2.61. The maximum Gasteiger partial charge on any atom is 0.254 e. The Hall–Kier alpha value is -2.57. The molecular formula is C28H35ClN2O4. The molecule has 4 rings (SSSR count). The Morgan fingerprint density at radius 2 is 1.69 bits per heavy atom. The number of carbonyl (C=O) groups is 2. The summed E-state index contributed by atoms with van der Waals surface area (Å²) in [6.07, 6.45) is 3.38. The van der Waals surface area contributed by atoms with E-state index in [0.29, 0.717) is 30.5 Å². The van der Waals surface area contributed by atoms with E-state index in [9.17, 15) is 9.59 Å². The van der Waals surface area contributed by atoms with Gasteiger partial charge >= 0.3 is 0 Å². The predicted molar refractivity (Wildman–Crippen MR) is 137 cm³/mol. The van der Waals surface area contributed by atoms with E-state index in [1.807, 2.05) is 60.9 Å². The minimum atomic E-state index is -0.924. The summed E-state index contributed by atoms with van der Waals surface area (Å²) in [6.45, 7) is 8.69. The van der Waals surface area contributed by atoms with Gasteiger partial charge in [0.05, 0.1) is 19.6 Å². The molecule has 0 bridgehead atoms. The van der Waals surface area contributed by atoms with Crippen LogP contribution in [0.5, 0.6) is 5.75 Å². The molecule has 0 N–H and O–H groups in total. The van der Waals surface area contributed by atoms with Gasteiger partial charge < -0.3 is 19.3 Å². The molecule has 2 heterocycles. The molecule has 0 saturated carbocycles. The van der Waals surface area contributed by atoms with Crippen molar-refractivity contribution in [3.05, 3.63) is 63.7 Å². The second-order valence-electron chi connectivity index (χ2n) is 9.84. The molecule has 35 heavy (non-hydrogen) atoms. The summed E-state index contributed by atoms with van der Waals surface area (Å²) in [6, 6.07) is 11.4. The van der Waals surface area contributed by atoms with Gasteiger partial charge in [-0.1, -0.05) is 29.8 Å². The van der Waals surface area contributed by atoms with Gasteiger partial charge in [0.1, 0.15) is 18.0 Å². The lowest BCUT2D eigenvalue weighted by Crippen LogP contribution is -2.58. The molecule has 2 aliphatic heterocycles. The van der Waals surface area contributed by atoms with Gasteiger partial charge in [-0.05, 0) is 74.9 Å². The van der Waals surface area contributed by atoms with Crippen molar-refractivity contribution in [1.82, 2.24) is 9.80 Å². The van der Waals surface area contributed by atoms with Crippen molar-refractivity contribution in [3.8, 4) is 5.75 Å². The number of morpholine rings is 1. The molecular weight excluding hydrogens is 464 g/mol. The van der Waals surface area contributed by atoms with Gasteiger partial charge in [-0.3, -0.25) is 9.59 Å². The largest absolute Gasteiger partial charge is 0.490 e. The number of hydrogen-bond donors (Lipinski definition) is 0. The summed E-state index contributed by atoms with van der Waals surface area (Å²) < 4.78 is 12.4. The van der Waals surface area contributed by atoms with E-state index in [-0.39, 0.29) is 24.8 Å². The van der Waals surface area contributed by atoms with Crippen molar-refractivity contribution in [2.75, 3.05) is 39.4 Å². The summed E-state index contributed by atoms with van der Waals surface area (Å²) in [5, 5.41) is 0.673. The topological polar surface area (TPSA) is 59.1 Å². The first-order valence-electron chi connectivity index (χ1n) is 12.4. The number of ether oxygens (including phenoxy) is 2. The van der Waals surface area contributed by atoms with Crippen LogP contribution < -0.4 is 4.74 Å². The third-order valence-corrected chi connectivity index (χ3v) is 7.47. The van der Waals surface area contributed by atoms with Crippen molar-refractivity contribution >= 4 is 23.4 Å². The maximum absolute atomic E-state index is 13.6. The van der Waals surface area contributed by atoms with Crippen molar-refractivity contribution in [2.45, 2.75) is 52.1 Å². The van der Waals surface area contributed by atoms with Crippen LogP contribution in [0, 0.1) is 20.8 Å². The van der Waals surface area contributed by atoms with Crippen LogP contribution in [-0.2, 0) is 9.53 Å². The van der Waals surface area contributed by atoms with Gasteiger partial charge in [0, 0.05) is 30.2 Å². The molecule has 0 aromatic heterocycles. The monoisotopic (exact) mass is 498 g/mol. The van der Waals surface area contributed by atoms with Crippen molar-refractivity contribution in [3.63, 3.8) is 0 Å². The second kappa shape index (κ2) is 11.0. The van der Waals surface area contributed by atoms with Crippen LogP contribution in [0.3, 0.4) is 0 Å². The highest BCUT2D eigenvalue weighted by molar-refractivity contribution is 6.31. The summed E-state index contributed by atoms with van der Waals surface area (Å²) in [7, 11) is 0. The fourth-order valence-electron chi connectivity index (χ4n) is 5.03. The number of benzene rings is 2.